The Hall–Kier alpha value is -1.91. The van der Waals surface area contributed by atoms with Gasteiger partial charge in [-0.05, 0) is 30.5 Å². The van der Waals surface area contributed by atoms with Crippen molar-refractivity contribution in [3.05, 3.63) is 46.3 Å². The molecule has 1 unspecified atom stereocenters. The van der Waals surface area contributed by atoms with E-state index in [1.54, 1.807) is 0 Å². The fraction of sp³-hybridized carbons (Fsp3) is 0.385. The maximum atomic E-state index is 8.22. The molecule has 0 fully saturated rings. The number of benzene rings is 1. The standard InChI is InChI=1S/C13H15N3/c1-12(15-16-14)8-4-2-5-9-13-10-6-3-7-11-13/h3,6-7,10-12H,2,4,8H2,1H3. The molecule has 0 saturated heterocycles. The molecule has 0 heterocycles. The Morgan fingerprint density at radius 1 is 1.38 bits per heavy atom. The molecule has 0 saturated carbocycles. The summed E-state index contributed by atoms with van der Waals surface area (Å²) in [4.78, 5) is 2.77. The number of hydrogen-bond donors (Lipinski definition) is 0. The lowest BCUT2D eigenvalue weighted by molar-refractivity contribution is 0.631. The molecule has 0 bridgehead atoms. The first-order chi connectivity index (χ1) is 7.83. The van der Waals surface area contributed by atoms with E-state index in [9.17, 15) is 0 Å². The topological polar surface area (TPSA) is 48.8 Å². The van der Waals surface area contributed by atoms with Gasteiger partial charge in [0.25, 0.3) is 0 Å². The van der Waals surface area contributed by atoms with Gasteiger partial charge in [-0.3, -0.25) is 0 Å². The minimum absolute atomic E-state index is 0.0727. The molecule has 1 atom stereocenters. The molecule has 0 aromatic heterocycles. The third-order valence-corrected chi connectivity index (χ3v) is 2.18. The van der Waals surface area contributed by atoms with Gasteiger partial charge in [0.05, 0.1) is 0 Å². The van der Waals surface area contributed by atoms with E-state index in [0.717, 1.165) is 24.8 Å². The van der Waals surface area contributed by atoms with Gasteiger partial charge in [0.1, 0.15) is 0 Å². The van der Waals surface area contributed by atoms with Gasteiger partial charge in [-0.15, -0.1) is 0 Å². The van der Waals surface area contributed by atoms with Crippen molar-refractivity contribution in [2.75, 3.05) is 0 Å². The van der Waals surface area contributed by atoms with Crippen LogP contribution in [0.15, 0.2) is 35.4 Å². The van der Waals surface area contributed by atoms with Crippen LogP contribution in [0.3, 0.4) is 0 Å². The van der Waals surface area contributed by atoms with Crippen LogP contribution >= 0.6 is 0 Å². The van der Waals surface area contributed by atoms with Crippen molar-refractivity contribution >= 4 is 0 Å². The lowest BCUT2D eigenvalue weighted by Crippen LogP contribution is -1.94. The van der Waals surface area contributed by atoms with Crippen LogP contribution in [0.2, 0.25) is 0 Å². The number of azide groups is 1. The van der Waals surface area contributed by atoms with Crippen LogP contribution in [-0.2, 0) is 0 Å². The molecule has 0 spiro atoms. The van der Waals surface area contributed by atoms with Gasteiger partial charge in [-0.25, -0.2) is 0 Å². The molecule has 1 rings (SSSR count). The van der Waals surface area contributed by atoms with E-state index in [2.05, 4.69) is 21.9 Å². The summed E-state index contributed by atoms with van der Waals surface area (Å²) in [5, 5.41) is 3.61. The Balaban J connectivity index is 2.26. The second-order valence-electron chi connectivity index (χ2n) is 3.61. The van der Waals surface area contributed by atoms with Crippen LogP contribution in [0.1, 0.15) is 31.7 Å². The Morgan fingerprint density at radius 3 is 2.81 bits per heavy atom. The molecule has 0 amide bonds. The van der Waals surface area contributed by atoms with Gasteiger partial charge in [0.15, 0.2) is 0 Å². The monoisotopic (exact) mass is 213 g/mol. The van der Waals surface area contributed by atoms with Crippen molar-refractivity contribution in [3.8, 4) is 11.8 Å². The van der Waals surface area contributed by atoms with Gasteiger partial charge >= 0.3 is 0 Å². The summed E-state index contributed by atoms with van der Waals surface area (Å²) in [7, 11) is 0. The van der Waals surface area contributed by atoms with Crippen molar-refractivity contribution in [1.29, 1.82) is 0 Å². The van der Waals surface area contributed by atoms with Gasteiger partial charge < -0.3 is 0 Å². The maximum absolute atomic E-state index is 8.22. The van der Waals surface area contributed by atoms with Gasteiger partial charge in [0, 0.05) is 22.9 Å². The molecule has 0 aliphatic heterocycles. The summed E-state index contributed by atoms with van der Waals surface area (Å²) >= 11 is 0. The highest BCUT2D eigenvalue weighted by atomic mass is 15.1. The predicted molar refractivity (Wildman–Crippen MR) is 65.8 cm³/mol. The zero-order valence-electron chi connectivity index (χ0n) is 9.43. The minimum Gasteiger partial charge on any atom is -0.0979 e. The summed E-state index contributed by atoms with van der Waals surface area (Å²) in [5.41, 5.74) is 9.27. The highest BCUT2D eigenvalue weighted by Gasteiger charge is 1.95. The van der Waals surface area contributed by atoms with Crippen LogP contribution in [0, 0.1) is 11.8 Å². The zero-order chi connectivity index (χ0) is 11.6. The molecule has 1 aromatic rings. The first-order valence-electron chi connectivity index (χ1n) is 5.41. The molecule has 0 radical (unpaired) electrons. The number of rotatable bonds is 4. The summed E-state index contributed by atoms with van der Waals surface area (Å²) < 4.78 is 0. The van der Waals surface area contributed by atoms with Crippen LogP contribution in [0.25, 0.3) is 10.4 Å². The van der Waals surface area contributed by atoms with Crippen LogP contribution < -0.4 is 0 Å². The van der Waals surface area contributed by atoms with E-state index in [1.165, 1.54) is 0 Å². The third-order valence-electron chi connectivity index (χ3n) is 2.18. The highest BCUT2D eigenvalue weighted by Crippen LogP contribution is 2.03. The average Bonchev–Trinajstić information content (AvgIpc) is 2.30. The van der Waals surface area contributed by atoms with E-state index >= 15 is 0 Å². The van der Waals surface area contributed by atoms with Crippen LogP contribution in [-0.4, -0.2) is 6.04 Å². The molecule has 0 aliphatic carbocycles. The summed E-state index contributed by atoms with van der Waals surface area (Å²) in [5.74, 6) is 6.21. The zero-order valence-corrected chi connectivity index (χ0v) is 9.43. The minimum atomic E-state index is 0.0727. The smallest absolute Gasteiger partial charge is 0.0346 e. The fourth-order valence-electron chi connectivity index (χ4n) is 1.32. The highest BCUT2D eigenvalue weighted by molar-refractivity contribution is 5.33. The second kappa shape index (κ2) is 7.39. The lowest BCUT2D eigenvalue weighted by atomic mass is 10.1. The average molecular weight is 213 g/mol. The van der Waals surface area contributed by atoms with E-state index in [-0.39, 0.29) is 6.04 Å². The SMILES string of the molecule is CC(CCCC#Cc1ccccc1)N=[N+]=[N-]. The molecular formula is C13H15N3. The normalized spacial score (nSPS) is 10.8. The quantitative estimate of drug-likeness (QED) is 0.239. The number of nitrogens with zero attached hydrogens (tertiary/aromatic N) is 3. The summed E-state index contributed by atoms with van der Waals surface area (Å²) in [6.07, 6.45) is 2.72. The molecule has 3 heteroatoms. The van der Waals surface area contributed by atoms with Crippen LogP contribution in [0.5, 0.6) is 0 Å². The molecule has 1 aromatic carbocycles. The van der Waals surface area contributed by atoms with Crippen molar-refractivity contribution in [2.24, 2.45) is 5.11 Å². The summed E-state index contributed by atoms with van der Waals surface area (Å²) in [6.45, 7) is 1.92. The Kier molecular flexibility index (Phi) is 5.62. The molecular weight excluding hydrogens is 198 g/mol. The van der Waals surface area contributed by atoms with E-state index in [0.29, 0.717) is 0 Å². The van der Waals surface area contributed by atoms with E-state index in [1.807, 2.05) is 37.3 Å². The fourth-order valence-corrected chi connectivity index (χ4v) is 1.32. The van der Waals surface area contributed by atoms with Gasteiger partial charge in [-0.2, -0.15) is 0 Å². The van der Waals surface area contributed by atoms with Crippen molar-refractivity contribution in [2.45, 2.75) is 32.2 Å². The Bertz CT molecular complexity index is 408. The van der Waals surface area contributed by atoms with Gasteiger partial charge in [-0.1, -0.05) is 42.1 Å². The first kappa shape index (κ1) is 12.2. The third kappa shape index (κ3) is 5.09. The van der Waals surface area contributed by atoms with Crippen LogP contribution in [0.4, 0.5) is 0 Å². The lowest BCUT2D eigenvalue weighted by Gasteiger charge is -1.99. The Labute approximate surface area is 96.1 Å². The molecule has 0 N–H and O–H groups in total. The molecule has 3 nitrogen and oxygen atoms in total. The van der Waals surface area contributed by atoms with Crippen molar-refractivity contribution in [3.63, 3.8) is 0 Å². The molecule has 16 heavy (non-hydrogen) atoms. The second-order valence-corrected chi connectivity index (χ2v) is 3.61. The maximum Gasteiger partial charge on any atom is 0.0346 e. The van der Waals surface area contributed by atoms with Gasteiger partial charge in [0.2, 0.25) is 0 Å². The van der Waals surface area contributed by atoms with E-state index in [4.69, 9.17) is 5.53 Å². The first-order valence-corrected chi connectivity index (χ1v) is 5.41. The largest absolute Gasteiger partial charge is 0.0979 e. The van der Waals surface area contributed by atoms with Crippen molar-refractivity contribution in [1.82, 2.24) is 0 Å². The molecule has 82 valence electrons. The predicted octanol–water partition coefficient (Wildman–Crippen LogP) is 3.91. The molecule has 0 aliphatic rings. The number of hydrogen-bond acceptors (Lipinski definition) is 1. The Morgan fingerprint density at radius 2 is 2.12 bits per heavy atom. The van der Waals surface area contributed by atoms with E-state index < -0.39 is 0 Å². The number of unbranched alkanes of at least 4 members (excludes halogenated alkanes) is 1. The van der Waals surface area contributed by atoms with Crippen molar-refractivity contribution < 1.29 is 0 Å². The summed E-state index contributed by atoms with van der Waals surface area (Å²) in [6, 6.07) is 10.0.